The second-order valence-corrected chi connectivity index (χ2v) is 8.34. The Morgan fingerprint density at radius 3 is 2.53 bits per heavy atom. The number of amides is 4. The summed E-state index contributed by atoms with van der Waals surface area (Å²) in [4.78, 5) is 38.9. The van der Waals surface area contributed by atoms with Crippen LogP contribution in [0.2, 0.25) is 0 Å². The number of hydrazine groups is 1. The van der Waals surface area contributed by atoms with Crippen LogP contribution in [0.4, 0.5) is 9.18 Å². The zero-order valence-electron chi connectivity index (χ0n) is 19.5. The van der Waals surface area contributed by atoms with Gasteiger partial charge in [-0.05, 0) is 42.5 Å². The van der Waals surface area contributed by atoms with Gasteiger partial charge in [-0.3, -0.25) is 9.59 Å². The lowest BCUT2D eigenvalue weighted by molar-refractivity contribution is -0.139. The van der Waals surface area contributed by atoms with Crippen LogP contribution in [-0.2, 0) is 22.6 Å². The van der Waals surface area contributed by atoms with Crippen LogP contribution in [0.1, 0.15) is 30.4 Å². The summed E-state index contributed by atoms with van der Waals surface area (Å²) in [6, 6.07) is 15.6. The molecule has 1 heterocycles. The summed E-state index contributed by atoms with van der Waals surface area (Å²) in [5.74, 6) is -0.349. The van der Waals surface area contributed by atoms with Gasteiger partial charge >= 0.3 is 6.03 Å². The average Bonchev–Trinajstić information content (AvgIpc) is 2.84. The Morgan fingerprint density at radius 2 is 1.82 bits per heavy atom. The summed E-state index contributed by atoms with van der Waals surface area (Å²) in [6.07, 6.45) is 2.78. The summed E-state index contributed by atoms with van der Waals surface area (Å²) >= 11 is 0. The molecule has 0 aliphatic carbocycles. The molecule has 0 bridgehead atoms. The molecule has 3 rings (SSSR count). The first-order valence-electron chi connectivity index (χ1n) is 11.5. The van der Waals surface area contributed by atoms with Crippen LogP contribution < -0.4 is 10.6 Å². The Labute approximate surface area is 199 Å². The van der Waals surface area contributed by atoms with Crippen molar-refractivity contribution in [3.8, 4) is 0 Å². The van der Waals surface area contributed by atoms with Gasteiger partial charge in [0.1, 0.15) is 12.0 Å². The van der Waals surface area contributed by atoms with Crippen molar-refractivity contribution in [2.75, 3.05) is 26.7 Å². The monoisotopic (exact) mass is 469 g/mol. The fourth-order valence-corrected chi connectivity index (χ4v) is 4.00. The van der Waals surface area contributed by atoms with E-state index in [0.29, 0.717) is 19.5 Å². The minimum absolute atomic E-state index is 0.00405. The molecule has 0 saturated carbocycles. The van der Waals surface area contributed by atoms with Crippen LogP contribution in [0, 0.1) is 5.82 Å². The van der Waals surface area contributed by atoms with E-state index in [2.05, 4.69) is 22.8 Å². The van der Waals surface area contributed by atoms with Gasteiger partial charge in [0.25, 0.3) is 0 Å². The molecular weight excluding hydrogens is 437 g/mol. The lowest BCUT2D eigenvalue weighted by atomic mass is 10.1. The molecule has 8 nitrogen and oxygen atoms in total. The third-order valence-electron chi connectivity index (χ3n) is 5.87. The molecule has 2 aromatic rings. The summed E-state index contributed by atoms with van der Waals surface area (Å²) in [7, 11) is 1.71. The minimum atomic E-state index is -0.714. The lowest BCUT2D eigenvalue weighted by Crippen LogP contribution is -2.64. The van der Waals surface area contributed by atoms with E-state index in [-0.39, 0.29) is 31.2 Å². The molecule has 2 aromatic carbocycles. The highest BCUT2D eigenvalue weighted by molar-refractivity contribution is 5.78. The molecule has 0 aromatic heterocycles. The van der Waals surface area contributed by atoms with Gasteiger partial charge in [0.15, 0.2) is 0 Å². The van der Waals surface area contributed by atoms with Gasteiger partial charge in [-0.2, -0.15) is 0 Å². The van der Waals surface area contributed by atoms with Crippen LogP contribution in [-0.4, -0.2) is 66.1 Å². The average molecular weight is 470 g/mol. The maximum Gasteiger partial charge on any atom is 0.334 e. The lowest BCUT2D eigenvalue weighted by Gasteiger charge is -2.42. The standard InChI is InChI=1S/C25H32FN5O3/c1-29-16-14-24(33)30(15-6-5-9-20-7-3-2-4-8-20)18-23(28-19-32)31(29)25(34)27-17-21-10-12-22(26)13-11-21/h2-4,7-8,10-13,19,23H,5-6,9,14-18H2,1H3,(H,27,34)(H,28,32). The minimum Gasteiger partial charge on any atom is -0.339 e. The van der Waals surface area contributed by atoms with Crippen LogP contribution in [0.5, 0.6) is 0 Å². The molecular formula is C25H32FN5O3. The highest BCUT2D eigenvalue weighted by Crippen LogP contribution is 2.13. The second-order valence-electron chi connectivity index (χ2n) is 8.34. The molecule has 0 spiro atoms. The van der Waals surface area contributed by atoms with E-state index in [1.165, 1.54) is 22.7 Å². The Balaban J connectivity index is 1.61. The second kappa shape index (κ2) is 12.7. The van der Waals surface area contributed by atoms with Crippen molar-refractivity contribution in [1.82, 2.24) is 25.6 Å². The normalized spacial score (nSPS) is 17.1. The SMILES string of the molecule is CN1CCC(=O)N(CCCCc2ccccc2)CC(NC=O)N1C(=O)NCc1ccc(F)cc1. The van der Waals surface area contributed by atoms with E-state index in [1.807, 2.05) is 18.2 Å². The quantitative estimate of drug-likeness (QED) is 0.437. The molecule has 2 N–H and O–H groups in total. The first-order chi connectivity index (χ1) is 16.5. The molecule has 1 aliphatic heterocycles. The van der Waals surface area contributed by atoms with Crippen molar-refractivity contribution in [1.29, 1.82) is 0 Å². The van der Waals surface area contributed by atoms with E-state index >= 15 is 0 Å². The van der Waals surface area contributed by atoms with Crippen LogP contribution in [0.3, 0.4) is 0 Å². The van der Waals surface area contributed by atoms with Crippen molar-refractivity contribution in [2.24, 2.45) is 0 Å². The molecule has 9 heteroatoms. The summed E-state index contributed by atoms with van der Waals surface area (Å²) in [5.41, 5.74) is 2.01. The van der Waals surface area contributed by atoms with Gasteiger partial charge in [-0.25, -0.2) is 19.2 Å². The number of urea groups is 1. The highest BCUT2D eigenvalue weighted by atomic mass is 19.1. The number of hydrogen-bond donors (Lipinski definition) is 2. The number of carbonyl (C=O) groups excluding carboxylic acids is 3. The zero-order chi connectivity index (χ0) is 24.3. The van der Waals surface area contributed by atoms with Gasteiger partial charge in [-0.1, -0.05) is 42.5 Å². The van der Waals surface area contributed by atoms with Crippen molar-refractivity contribution in [3.63, 3.8) is 0 Å². The number of hydrogen-bond acceptors (Lipinski definition) is 4. The van der Waals surface area contributed by atoms with Gasteiger partial charge in [0.05, 0.1) is 6.54 Å². The number of nitrogens with zero attached hydrogens (tertiary/aromatic N) is 3. The molecule has 34 heavy (non-hydrogen) atoms. The van der Waals surface area contributed by atoms with Crippen molar-refractivity contribution in [2.45, 2.75) is 38.4 Å². The first kappa shape index (κ1) is 25.2. The van der Waals surface area contributed by atoms with E-state index in [9.17, 15) is 18.8 Å². The largest absolute Gasteiger partial charge is 0.339 e. The molecule has 1 aliphatic rings. The topological polar surface area (TPSA) is 85.0 Å². The third-order valence-corrected chi connectivity index (χ3v) is 5.87. The summed E-state index contributed by atoms with van der Waals surface area (Å²) < 4.78 is 13.1. The van der Waals surface area contributed by atoms with Crippen LogP contribution >= 0.6 is 0 Å². The van der Waals surface area contributed by atoms with E-state index in [4.69, 9.17) is 0 Å². The fourth-order valence-electron chi connectivity index (χ4n) is 4.00. The summed E-state index contributed by atoms with van der Waals surface area (Å²) in [5, 5.41) is 8.58. The Bertz CT molecular complexity index is 941. The van der Waals surface area contributed by atoms with E-state index in [1.54, 1.807) is 29.1 Å². The maximum absolute atomic E-state index is 13.1. The molecule has 0 radical (unpaired) electrons. The molecule has 1 unspecified atom stereocenters. The number of nitrogens with one attached hydrogen (secondary N) is 2. The van der Waals surface area contributed by atoms with Gasteiger partial charge in [-0.15, -0.1) is 0 Å². The number of halogens is 1. The van der Waals surface area contributed by atoms with Gasteiger partial charge < -0.3 is 15.5 Å². The van der Waals surface area contributed by atoms with Crippen LogP contribution in [0.25, 0.3) is 0 Å². The number of benzene rings is 2. The van der Waals surface area contributed by atoms with Gasteiger partial charge in [0, 0.05) is 33.1 Å². The Kier molecular flexibility index (Phi) is 9.40. The Hall–Kier alpha value is -3.46. The number of rotatable bonds is 9. The smallest absolute Gasteiger partial charge is 0.334 e. The van der Waals surface area contributed by atoms with Crippen LogP contribution in [0.15, 0.2) is 54.6 Å². The van der Waals surface area contributed by atoms with Gasteiger partial charge in [0.2, 0.25) is 12.3 Å². The summed E-state index contributed by atoms with van der Waals surface area (Å²) in [6.45, 7) is 1.29. The Morgan fingerprint density at radius 1 is 1.09 bits per heavy atom. The number of carbonyl (C=O) groups is 3. The predicted molar refractivity (Wildman–Crippen MR) is 127 cm³/mol. The first-order valence-corrected chi connectivity index (χ1v) is 11.5. The molecule has 1 atom stereocenters. The zero-order valence-corrected chi connectivity index (χ0v) is 19.5. The molecule has 182 valence electrons. The molecule has 4 amide bonds. The fraction of sp³-hybridized carbons (Fsp3) is 0.400. The third kappa shape index (κ3) is 7.28. The van der Waals surface area contributed by atoms with E-state index in [0.717, 1.165) is 24.8 Å². The predicted octanol–water partition coefficient (Wildman–Crippen LogP) is 2.51. The molecule has 1 fully saturated rings. The van der Waals surface area contributed by atoms with Crippen molar-refractivity contribution < 1.29 is 18.8 Å². The highest BCUT2D eigenvalue weighted by Gasteiger charge is 2.32. The van der Waals surface area contributed by atoms with E-state index < -0.39 is 12.2 Å². The van der Waals surface area contributed by atoms with Crippen molar-refractivity contribution >= 4 is 18.3 Å². The molecule has 1 saturated heterocycles. The number of aryl methyl sites for hydroxylation is 1. The maximum atomic E-state index is 13.1. The number of unbranched alkanes of at least 4 members (excludes halogenated alkanes) is 1. The van der Waals surface area contributed by atoms with Crippen molar-refractivity contribution in [3.05, 3.63) is 71.5 Å².